The summed E-state index contributed by atoms with van der Waals surface area (Å²) in [4.78, 5) is 22.3. The number of aliphatic carboxylic acids is 1. The predicted octanol–water partition coefficient (Wildman–Crippen LogP) is 0.797. The first kappa shape index (κ1) is 5.62. The molecule has 0 aromatic rings. The van der Waals surface area contributed by atoms with Gasteiger partial charge in [-0.3, -0.25) is 4.79 Å². The molecule has 0 aliphatic carbocycles. The van der Waals surface area contributed by atoms with E-state index in [4.69, 9.17) is 14.7 Å². The van der Waals surface area contributed by atoms with Crippen LogP contribution in [0.25, 0.3) is 0 Å². The monoisotopic (exact) mass is 251 g/mol. The van der Waals surface area contributed by atoms with Crippen LogP contribution < -0.4 is 10.6 Å². The molecule has 16 heavy (non-hydrogen) atoms. The van der Waals surface area contributed by atoms with Crippen molar-refractivity contribution in [2.75, 3.05) is 5.75 Å². The lowest BCUT2D eigenvalue weighted by Crippen LogP contribution is -2.36. The van der Waals surface area contributed by atoms with Gasteiger partial charge in [0.2, 0.25) is 0 Å². The van der Waals surface area contributed by atoms with Crippen LogP contribution in [0, 0.1) is 0 Å². The zero-order valence-corrected chi connectivity index (χ0v) is 9.00. The minimum atomic E-state index is -3.50. The van der Waals surface area contributed by atoms with Crippen LogP contribution in [0.5, 0.6) is 0 Å². The van der Waals surface area contributed by atoms with Crippen molar-refractivity contribution in [1.82, 2.24) is 10.6 Å². The standard InChI is InChI=1S/C10H16N2O3S/c13-8(14)4-2-1-3-7-9-6(5-16-7)11-10(15)12-9/h6-7,9H,1-5H2,(H,13,14)(H2,11,12,15)/t6-,7-,9-/m0/s1/i1D2,2D2,3D,4D2/t3?,6-,7-,9-. The van der Waals surface area contributed by atoms with Gasteiger partial charge in [-0.1, -0.05) is 6.37 Å². The van der Waals surface area contributed by atoms with Crippen molar-refractivity contribution in [3.8, 4) is 0 Å². The zero-order chi connectivity index (χ0) is 17.8. The van der Waals surface area contributed by atoms with Gasteiger partial charge in [0.15, 0.2) is 0 Å². The smallest absolute Gasteiger partial charge is 0.315 e. The van der Waals surface area contributed by atoms with Crippen LogP contribution in [0.2, 0.25) is 0 Å². The fourth-order valence-electron chi connectivity index (χ4n) is 1.69. The molecule has 6 heteroatoms. The lowest BCUT2D eigenvalue weighted by molar-refractivity contribution is -0.137. The van der Waals surface area contributed by atoms with Gasteiger partial charge in [0.05, 0.1) is 12.1 Å². The average molecular weight is 251 g/mol. The molecule has 1 unspecified atom stereocenters. The van der Waals surface area contributed by atoms with Gasteiger partial charge in [-0.15, -0.1) is 0 Å². The number of carbonyl (C=O) groups excluding carboxylic acids is 1. The van der Waals surface area contributed by atoms with E-state index in [2.05, 4.69) is 10.6 Å². The quantitative estimate of drug-likeness (QED) is 0.631. The Kier molecular flexibility index (Phi) is 1.74. The summed E-state index contributed by atoms with van der Waals surface area (Å²) >= 11 is 1.17. The first-order valence-corrected chi connectivity index (χ1v) is 5.73. The Balaban J connectivity index is 2.28. The number of fused-ring (bicyclic) bond motifs is 1. The number of amides is 2. The van der Waals surface area contributed by atoms with Gasteiger partial charge < -0.3 is 15.7 Å². The summed E-state index contributed by atoms with van der Waals surface area (Å²) in [6.07, 6.45) is -11.8. The third-order valence-corrected chi connectivity index (χ3v) is 3.72. The van der Waals surface area contributed by atoms with Crippen LogP contribution in [0.1, 0.15) is 35.1 Å². The Labute approximate surface area is 108 Å². The van der Waals surface area contributed by atoms with E-state index in [1.165, 1.54) is 11.8 Å². The van der Waals surface area contributed by atoms with Gasteiger partial charge in [0.1, 0.15) is 0 Å². The molecule has 0 bridgehead atoms. The maximum atomic E-state index is 11.3. The van der Waals surface area contributed by atoms with Crippen LogP contribution in [0.4, 0.5) is 4.79 Å². The average Bonchev–Trinajstić information content (AvgIpc) is 2.95. The van der Waals surface area contributed by atoms with E-state index in [1.807, 2.05) is 0 Å². The summed E-state index contributed by atoms with van der Waals surface area (Å²) in [5.41, 5.74) is 0. The fourth-order valence-corrected chi connectivity index (χ4v) is 3.04. The van der Waals surface area contributed by atoms with E-state index >= 15 is 0 Å². The summed E-state index contributed by atoms with van der Waals surface area (Å²) in [5, 5.41) is 13.2. The molecular weight excluding hydrogens is 228 g/mol. The maximum absolute atomic E-state index is 11.3. The number of rotatable bonds is 5. The topological polar surface area (TPSA) is 78.4 Å². The van der Waals surface area contributed by atoms with Crippen molar-refractivity contribution >= 4 is 23.8 Å². The normalized spacial score (nSPS) is 43.1. The second-order valence-electron chi connectivity index (χ2n) is 3.41. The van der Waals surface area contributed by atoms with Crippen LogP contribution in [-0.4, -0.2) is 40.2 Å². The first-order valence-electron chi connectivity index (χ1n) is 8.26. The summed E-state index contributed by atoms with van der Waals surface area (Å²) < 4.78 is 54.0. The van der Waals surface area contributed by atoms with Gasteiger partial charge in [-0.2, -0.15) is 11.8 Å². The van der Waals surface area contributed by atoms with Crippen molar-refractivity contribution in [3.63, 3.8) is 0 Å². The third kappa shape index (κ3) is 2.61. The summed E-state index contributed by atoms with van der Waals surface area (Å²) in [6.45, 7) is 0. The number of nitrogens with one attached hydrogen (secondary N) is 2. The van der Waals surface area contributed by atoms with Gasteiger partial charge in [-0.25, -0.2) is 4.79 Å². The molecule has 0 radical (unpaired) electrons. The number of hydrogen-bond acceptors (Lipinski definition) is 3. The Morgan fingerprint density at radius 2 is 2.38 bits per heavy atom. The second-order valence-corrected chi connectivity index (χ2v) is 4.63. The molecule has 0 aromatic heterocycles. The van der Waals surface area contributed by atoms with E-state index in [0.29, 0.717) is 5.75 Å². The minimum Gasteiger partial charge on any atom is -0.481 e. The molecule has 2 amide bonds. The Morgan fingerprint density at radius 1 is 1.56 bits per heavy atom. The third-order valence-electron chi connectivity index (χ3n) is 2.36. The largest absolute Gasteiger partial charge is 0.481 e. The molecule has 0 spiro atoms. The number of carbonyl (C=O) groups is 2. The highest BCUT2D eigenvalue weighted by molar-refractivity contribution is 8.00. The van der Waals surface area contributed by atoms with Gasteiger partial charge in [0.25, 0.3) is 0 Å². The Morgan fingerprint density at radius 3 is 3.12 bits per heavy atom. The van der Waals surface area contributed by atoms with Crippen LogP contribution in [0.3, 0.4) is 0 Å². The number of carboxylic acid groups (broad SMARTS) is 1. The molecule has 3 N–H and O–H groups in total. The van der Waals surface area contributed by atoms with Gasteiger partial charge >= 0.3 is 12.0 Å². The van der Waals surface area contributed by atoms with Gasteiger partial charge in [-0.05, 0) is 12.8 Å². The lowest BCUT2D eigenvalue weighted by Gasteiger charge is -2.16. The van der Waals surface area contributed by atoms with E-state index in [-0.39, 0.29) is 6.04 Å². The van der Waals surface area contributed by atoms with Crippen LogP contribution in [0.15, 0.2) is 0 Å². The first-order chi connectivity index (χ1) is 10.3. The van der Waals surface area contributed by atoms with E-state index in [0.717, 1.165) is 0 Å². The molecule has 2 heterocycles. The van der Waals surface area contributed by atoms with Crippen molar-refractivity contribution in [2.45, 2.75) is 42.8 Å². The van der Waals surface area contributed by atoms with Gasteiger partial charge in [0, 0.05) is 27.0 Å². The molecule has 2 aliphatic heterocycles. The lowest BCUT2D eigenvalue weighted by atomic mass is 10.0. The molecule has 2 fully saturated rings. The van der Waals surface area contributed by atoms with E-state index < -0.39 is 48.8 Å². The van der Waals surface area contributed by atoms with E-state index in [1.54, 1.807) is 0 Å². The molecule has 0 saturated carbocycles. The van der Waals surface area contributed by atoms with Crippen molar-refractivity contribution in [1.29, 1.82) is 0 Å². The maximum Gasteiger partial charge on any atom is 0.315 e. The number of hydrogen-bond donors (Lipinski definition) is 3. The predicted molar refractivity (Wildman–Crippen MR) is 61.6 cm³/mol. The summed E-state index contributed by atoms with van der Waals surface area (Å²) in [6, 6.07) is -1.36. The molecule has 2 aliphatic rings. The highest BCUT2D eigenvalue weighted by Gasteiger charge is 2.42. The SMILES string of the molecule is [2H]C([C@@H]1SC[C@@H]2NC(=O)N[C@@H]21)C([2H])([2H])C([2H])([2H])C([2H])([2H])C(=O)O. The Hall–Kier alpha value is -0.910. The zero-order valence-electron chi connectivity index (χ0n) is 15.2. The number of carboxylic acids is 1. The molecular formula is C10H16N2O3S. The number of urea groups is 1. The van der Waals surface area contributed by atoms with Crippen molar-refractivity contribution in [3.05, 3.63) is 0 Å². The minimum absolute atomic E-state index is 0.316. The van der Waals surface area contributed by atoms with E-state index in [9.17, 15) is 9.59 Å². The number of thioether (sulfide) groups is 1. The summed E-state index contributed by atoms with van der Waals surface area (Å²) in [5.74, 6) is -1.72. The van der Waals surface area contributed by atoms with Crippen molar-refractivity contribution in [2.24, 2.45) is 0 Å². The van der Waals surface area contributed by atoms with Crippen molar-refractivity contribution < 1.29 is 24.3 Å². The molecule has 4 atom stereocenters. The molecule has 2 rings (SSSR count). The summed E-state index contributed by atoms with van der Waals surface area (Å²) in [7, 11) is 0. The fraction of sp³-hybridized carbons (Fsp3) is 0.800. The molecule has 0 aromatic carbocycles. The molecule has 5 nitrogen and oxygen atoms in total. The molecule has 2 saturated heterocycles. The Bertz CT molecular complexity index is 533. The highest BCUT2D eigenvalue weighted by Crippen LogP contribution is 2.33. The molecule has 90 valence electrons. The van der Waals surface area contributed by atoms with Crippen LogP contribution in [-0.2, 0) is 4.79 Å². The van der Waals surface area contributed by atoms with Crippen LogP contribution >= 0.6 is 11.8 Å². The highest BCUT2D eigenvalue weighted by atomic mass is 32.2. The second kappa shape index (κ2) is 4.95.